The number of rotatable bonds is 3. The third-order valence-corrected chi connectivity index (χ3v) is 3.54. The number of benzene rings is 1. The number of hydrogen-bond donors (Lipinski definition) is 2. The predicted octanol–water partition coefficient (Wildman–Crippen LogP) is 4.01. The summed E-state index contributed by atoms with van der Waals surface area (Å²) in [6.45, 7) is 8.69. The summed E-state index contributed by atoms with van der Waals surface area (Å²) in [6.07, 6.45) is 0.972. The van der Waals surface area contributed by atoms with E-state index in [1.807, 2.05) is 0 Å². The van der Waals surface area contributed by atoms with E-state index in [-0.39, 0.29) is 6.04 Å². The number of aromatic amines is 1. The summed E-state index contributed by atoms with van der Waals surface area (Å²) in [5.41, 5.74) is 11.3. The molecule has 0 amide bonds. The number of H-pyrrole nitrogens is 1. The van der Waals surface area contributed by atoms with Crippen molar-refractivity contribution in [1.82, 2.24) is 4.98 Å². The third-order valence-electron chi connectivity index (χ3n) is 3.54. The Hall–Kier alpha value is -1.28. The van der Waals surface area contributed by atoms with Crippen molar-refractivity contribution in [3.8, 4) is 0 Å². The molecule has 0 saturated heterocycles. The summed E-state index contributed by atoms with van der Waals surface area (Å²) in [4.78, 5) is 3.43. The molecule has 0 fully saturated rings. The molecule has 1 aromatic carbocycles. The molecule has 2 nitrogen and oxygen atoms in total. The Balaban J connectivity index is 2.65. The highest BCUT2D eigenvalue weighted by Gasteiger charge is 2.14. The van der Waals surface area contributed by atoms with Gasteiger partial charge in [-0.05, 0) is 42.5 Å². The fourth-order valence-corrected chi connectivity index (χ4v) is 2.41. The lowest BCUT2D eigenvalue weighted by molar-refractivity contribution is 0.699. The average molecular weight is 230 g/mol. The average Bonchev–Trinajstić information content (AvgIpc) is 2.62. The lowest BCUT2D eigenvalue weighted by Crippen LogP contribution is -2.09. The maximum Gasteiger partial charge on any atom is 0.0459 e. The van der Waals surface area contributed by atoms with Crippen LogP contribution in [0.15, 0.2) is 18.2 Å². The molecular formula is C15H22N2. The Labute approximate surface area is 103 Å². The van der Waals surface area contributed by atoms with Crippen LogP contribution in [0.5, 0.6) is 0 Å². The van der Waals surface area contributed by atoms with E-state index in [4.69, 9.17) is 5.73 Å². The van der Waals surface area contributed by atoms with Crippen LogP contribution in [0.4, 0.5) is 0 Å². The first-order valence-electron chi connectivity index (χ1n) is 6.42. The van der Waals surface area contributed by atoms with Crippen molar-refractivity contribution in [1.29, 1.82) is 0 Å². The maximum atomic E-state index is 6.21. The Morgan fingerprint density at radius 2 is 2.00 bits per heavy atom. The standard InChI is InChI=1S/C15H22N2/c1-5-13(16)15-10(4)17-14-7-6-11(9(2)3)8-12(14)15/h6-9,13,17H,5,16H2,1-4H3. The van der Waals surface area contributed by atoms with Crippen LogP contribution in [-0.2, 0) is 0 Å². The second-order valence-corrected chi connectivity index (χ2v) is 5.14. The van der Waals surface area contributed by atoms with E-state index in [0.717, 1.165) is 6.42 Å². The number of nitrogens with two attached hydrogens (primary N) is 1. The van der Waals surface area contributed by atoms with Crippen molar-refractivity contribution < 1.29 is 0 Å². The molecule has 0 spiro atoms. The molecule has 0 aliphatic heterocycles. The summed E-state index contributed by atoms with van der Waals surface area (Å²) in [5.74, 6) is 0.556. The highest BCUT2D eigenvalue weighted by atomic mass is 14.7. The first-order valence-corrected chi connectivity index (χ1v) is 6.42. The fourth-order valence-electron chi connectivity index (χ4n) is 2.41. The molecule has 0 aliphatic rings. The minimum absolute atomic E-state index is 0.131. The molecule has 1 heterocycles. The van der Waals surface area contributed by atoms with E-state index in [2.05, 4.69) is 50.9 Å². The first kappa shape index (κ1) is 12.2. The van der Waals surface area contributed by atoms with Crippen LogP contribution in [-0.4, -0.2) is 4.98 Å². The Morgan fingerprint density at radius 1 is 1.29 bits per heavy atom. The van der Waals surface area contributed by atoms with Crippen LogP contribution in [0, 0.1) is 6.92 Å². The Morgan fingerprint density at radius 3 is 2.59 bits per heavy atom. The molecule has 0 saturated carbocycles. The number of fused-ring (bicyclic) bond motifs is 1. The summed E-state index contributed by atoms with van der Waals surface area (Å²) >= 11 is 0. The van der Waals surface area contributed by atoms with Gasteiger partial charge in [-0.1, -0.05) is 26.8 Å². The molecule has 1 atom stereocenters. The molecule has 2 rings (SSSR count). The van der Waals surface area contributed by atoms with Crippen LogP contribution in [0.25, 0.3) is 10.9 Å². The van der Waals surface area contributed by atoms with Crippen molar-refractivity contribution in [2.24, 2.45) is 5.73 Å². The van der Waals surface area contributed by atoms with Gasteiger partial charge in [0.1, 0.15) is 0 Å². The lowest BCUT2D eigenvalue weighted by Gasteiger charge is -2.10. The van der Waals surface area contributed by atoms with E-state index < -0.39 is 0 Å². The smallest absolute Gasteiger partial charge is 0.0459 e. The maximum absolute atomic E-state index is 6.21. The largest absolute Gasteiger partial charge is 0.358 e. The summed E-state index contributed by atoms with van der Waals surface area (Å²) < 4.78 is 0. The number of hydrogen-bond acceptors (Lipinski definition) is 1. The predicted molar refractivity (Wildman–Crippen MR) is 74.3 cm³/mol. The van der Waals surface area contributed by atoms with E-state index in [0.29, 0.717) is 5.92 Å². The zero-order valence-corrected chi connectivity index (χ0v) is 11.2. The van der Waals surface area contributed by atoms with Gasteiger partial charge < -0.3 is 10.7 Å². The first-order chi connectivity index (χ1) is 8.04. The van der Waals surface area contributed by atoms with Crippen LogP contribution in [0.2, 0.25) is 0 Å². The van der Waals surface area contributed by atoms with Crippen molar-refractivity contribution in [2.45, 2.75) is 46.1 Å². The molecule has 0 radical (unpaired) electrons. The Bertz CT molecular complexity index is 523. The Kier molecular flexibility index (Phi) is 3.25. The highest BCUT2D eigenvalue weighted by molar-refractivity contribution is 5.86. The number of nitrogens with one attached hydrogen (secondary N) is 1. The molecule has 17 heavy (non-hydrogen) atoms. The van der Waals surface area contributed by atoms with E-state index >= 15 is 0 Å². The number of aryl methyl sites for hydroxylation is 1. The van der Waals surface area contributed by atoms with Gasteiger partial charge in [-0.3, -0.25) is 0 Å². The molecule has 1 unspecified atom stereocenters. The van der Waals surface area contributed by atoms with Crippen molar-refractivity contribution >= 4 is 10.9 Å². The fraction of sp³-hybridized carbons (Fsp3) is 0.467. The van der Waals surface area contributed by atoms with Crippen molar-refractivity contribution in [2.75, 3.05) is 0 Å². The minimum Gasteiger partial charge on any atom is -0.358 e. The molecule has 2 aromatic rings. The second kappa shape index (κ2) is 4.53. The van der Waals surface area contributed by atoms with Gasteiger partial charge in [-0.25, -0.2) is 0 Å². The quantitative estimate of drug-likeness (QED) is 0.822. The molecule has 92 valence electrons. The van der Waals surface area contributed by atoms with E-state index in [9.17, 15) is 0 Å². The zero-order chi connectivity index (χ0) is 12.6. The van der Waals surface area contributed by atoms with Gasteiger partial charge in [0.15, 0.2) is 0 Å². The third kappa shape index (κ3) is 2.09. The van der Waals surface area contributed by atoms with Gasteiger partial charge >= 0.3 is 0 Å². The van der Waals surface area contributed by atoms with Crippen LogP contribution < -0.4 is 5.73 Å². The lowest BCUT2D eigenvalue weighted by atomic mass is 9.97. The van der Waals surface area contributed by atoms with Crippen LogP contribution in [0.3, 0.4) is 0 Å². The van der Waals surface area contributed by atoms with Gasteiger partial charge in [0.05, 0.1) is 0 Å². The summed E-state index contributed by atoms with van der Waals surface area (Å²) in [5, 5.41) is 1.29. The zero-order valence-electron chi connectivity index (χ0n) is 11.2. The second-order valence-electron chi connectivity index (χ2n) is 5.14. The van der Waals surface area contributed by atoms with E-state index in [1.54, 1.807) is 0 Å². The van der Waals surface area contributed by atoms with Crippen molar-refractivity contribution in [3.05, 3.63) is 35.0 Å². The van der Waals surface area contributed by atoms with Gasteiger partial charge in [0.2, 0.25) is 0 Å². The highest BCUT2D eigenvalue weighted by Crippen LogP contribution is 2.30. The molecular weight excluding hydrogens is 208 g/mol. The SMILES string of the molecule is CCC(N)c1c(C)[nH]c2ccc(C(C)C)cc12. The van der Waals surface area contributed by atoms with E-state index in [1.165, 1.54) is 27.7 Å². The molecule has 2 heteroatoms. The topological polar surface area (TPSA) is 41.8 Å². The summed E-state index contributed by atoms with van der Waals surface area (Å²) in [7, 11) is 0. The minimum atomic E-state index is 0.131. The van der Waals surface area contributed by atoms with Crippen LogP contribution >= 0.6 is 0 Å². The molecule has 0 aliphatic carbocycles. The van der Waals surface area contributed by atoms with Gasteiger partial charge in [0, 0.05) is 22.6 Å². The van der Waals surface area contributed by atoms with Gasteiger partial charge in [-0.2, -0.15) is 0 Å². The molecule has 0 bridgehead atoms. The number of aromatic nitrogens is 1. The molecule has 1 aromatic heterocycles. The molecule has 3 N–H and O–H groups in total. The normalized spacial score (nSPS) is 13.5. The van der Waals surface area contributed by atoms with Crippen molar-refractivity contribution in [3.63, 3.8) is 0 Å². The van der Waals surface area contributed by atoms with Gasteiger partial charge in [0.25, 0.3) is 0 Å². The monoisotopic (exact) mass is 230 g/mol. The van der Waals surface area contributed by atoms with Crippen LogP contribution in [0.1, 0.15) is 56.0 Å². The van der Waals surface area contributed by atoms with Gasteiger partial charge in [-0.15, -0.1) is 0 Å². The summed E-state index contributed by atoms with van der Waals surface area (Å²) in [6, 6.07) is 6.79.